The normalized spacial score (nSPS) is 12.5. The third-order valence-electron chi connectivity index (χ3n) is 2.77. The molecule has 5 heteroatoms. The van der Waals surface area contributed by atoms with E-state index in [1.807, 2.05) is 0 Å². The van der Waals surface area contributed by atoms with Gasteiger partial charge in [-0.3, -0.25) is 0 Å². The highest BCUT2D eigenvalue weighted by Gasteiger charge is 2.14. The molecule has 0 amide bonds. The fourth-order valence-electron chi connectivity index (χ4n) is 1.75. The first-order chi connectivity index (χ1) is 8.99. The summed E-state index contributed by atoms with van der Waals surface area (Å²) >= 11 is 11.4. The molecule has 1 nitrogen and oxygen atoms in total. The van der Waals surface area contributed by atoms with Crippen molar-refractivity contribution in [3.05, 3.63) is 69.2 Å². The molecule has 1 N–H and O–H groups in total. The van der Waals surface area contributed by atoms with Gasteiger partial charge in [0.15, 0.2) is 0 Å². The zero-order chi connectivity index (χ0) is 14.0. The third kappa shape index (κ3) is 3.24. The molecule has 0 saturated carbocycles. The van der Waals surface area contributed by atoms with Crippen LogP contribution < -0.4 is 0 Å². The molecule has 0 fully saturated rings. The van der Waals surface area contributed by atoms with Crippen LogP contribution in [0.2, 0.25) is 10.0 Å². The van der Waals surface area contributed by atoms with Crippen LogP contribution in [0, 0.1) is 11.6 Å². The fraction of sp³-hybridized carbons (Fsp3) is 0.143. The molecule has 0 aliphatic heterocycles. The standard InChI is InChI=1S/C14H10Cl2F2O/c15-10-5-4-8(6-12(10)18)13(19)7-9-2-1-3-11(17)14(9)16/h1-6,13,19H,7H2. The fourth-order valence-corrected chi connectivity index (χ4v) is 2.07. The number of benzene rings is 2. The molecule has 2 aromatic carbocycles. The van der Waals surface area contributed by atoms with Crippen LogP contribution in [0.25, 0.3) is 0 Å². The van der Waals surface area contributed by atoms with Crippen molar-refractivity contribution in [3.8, 4) is 0 Å². The van der Waals surface area contributed by atoms with Crippen LogP contribution >= 0.6 is 23.2 Å². The molecule has 0 aliphatic carbocycles. The Morgan fingerprint density at radius 2 is 1.79 bits per heavy atom. The zero-order valence-corrected chi connectivity index (χ0v) is 11.2. The lowest BCUT2D eigenvalue weighted by Gasteiger charge is -2.13. The monoisotopic (exact) mass is 302 g/mol. The first kappa shape index (κ1) is 14.3. The van der Waals surface area contributed by atoms with Crippen molar-refractivity contribution in [1.82, 2.24) is 0 Å². The molecule has 0 radical (unpaired) electrons. The average Bonchev–Trinajstić information content (AvgIpc) is 2.38. The van der Waals surface area contributed by atoms with Gasteiger partial charge in [0.1, 0.15) is 11.6 Å². The zero-order valence-electron chi connectivity index (χ0n) is 9.71. The number of aliphatic hydroxyl groups excluding tert-OH is 1. The summed E-state index contributed by atoms with van der Waals surface area (Å²) in [5.74, 6) is -1.16. The highest BCUT2D eigenvalue weighted by Crippen LogP contribution is 2.27. The number of aliphatic hydroxyl groups is 1. The molecule has 1 unspecified atom stereocenters. The second-order valence-corrected chi connectivity index (χ2v) is 4.89. The molecule has 1 atom stereocenters. The van der Waals surface area contributed by atoms with E-state index >= 15 is 0 Å². The molecular formula is C14H10Cl2F2O. The van der Waals surface area contributed by atoms with Crippen molar-refractivity contribution in [2.75, 3.05) is 0 Å². The maximum absolute atomic E-state index is 13.3. The highest BCUT2D eigenvalue weighted by atomic mass is 35.5. The third-order valence-corrected chi connectivity index (χ3v) is 3.50. The van der Waals surface area contributed by atoms with Gasteiger partial charge in [-0.2, -0.15) is 0 Å². The van der Waals surface area contributed by atoms with Crippen molar-refractivity contribution < 1.29 is 13.9 Å². The van der Waals surface area contributed by atoms with E-state index in [9.17, 15) is 13.9 Å². The number of rotatable bonds is 3. The van der Waals surface area contributed by atoms with E-state index < -0.39 is 17.7 Å². The molecule has 100 valence electrons. The van der Waals surface area contributed by atoms with Crippen LogP contribution in [0.15, 0.2) is 36.4 Å². The van der Waals surface area contributed by atoms with Crippen LogP contribution in [0.5, 0.6) is 0 Å². The van der Waals surface area contributed by atoms with Gasteiger partial charge in [-0.05, 0) is 29.3 Å². The van der Waals surface area contributed by atoms with E-state index in [1.165, 1.54) is 24.3 Å². The van der Waals surface area contributed by atoms with Gasteiger partial charge in [-0.25, -0.2) is 8.78 Å². The maximum Gasteiger partial charge on any atom is 0.142 e. The summed E-state index contributed by atoms with van der Waals surface area (Å²) in [6, 6.07) is 8.39. The average molecular weight is 303 g/mol. The van der Waals surface area contributed by atoms with Gasteiger partial charge in [-0.1, -0.05) is 41.4 Å². The second kappa shape index (κ2) is 5.87. The Morgan fingerprint density at radius 3 is 2.47 bits per heavy atom. The van der Waals surface area contributed by atoms with Crippen molar-refractivity contribution in [3.63, 3.8) is 0 Å². The van der Waals surface area contributed by atoms with Gasteiger partial charge in [0, 0.05) is 6.42 Å². The molecule has 0 aliphatic rings. The van der Waals surface area contributed by atoms with Crippen molar-refractivity contribution in [2.24, 2.45) is 0 Å². The van der Waals surface area contributed by atoms with Crippen LogP contribution in [0.1, 0.15) is 17.2 Å². The summed E-state index contributed by atoms with van der Waals surface area (Å²) in [4.78, 5) is 0. The lowest BCUT2D eigenvalue weighted by Crippen LogP contribution is -2.03. The molecular weight excluding hydrogens is 293 g/mol. The van der Waals surface area contributed by atoms with Gasteiger partial charge in [0.2, 0.25) is 0 Å². The quantitative estimate of drug-likeness (QED) is 0.882. The van der Waals surface area contributed by atoms with Crippen LogP contribution in [0.3, 0.4) is 0 Å². The predicted octanol–water partition coefficient (Wildman–Crippen LogP) is 4.55. The van der Waals surface area contributed by atoms with E-state index in [1.54, 1.807) is 6.07 Å². The SMILES string of the molecule is OC(Cc1cccc(F)c1Cl)c1ccc(Cl)c(F)c1. The smallest absolute Gasteiger partial charge is 0.142 e. The summed E-state index contributed by atoms with van der Waals surface area (Å²) in [6.45, 7) is 0. The Morgan fingerprint density at radius 1 is 1.05 bits per heavy atom. The van der Waals surface area contributed by atoms with E-state index in [2.05, 4.69) is 0 Å². The lowest BCUT2D eigenvalue weighted by atomic mass is 10.0. The summed E-state index contributed by atoms with van der Waals surface area (Å²) in [6.07, 6.45) is -0.886. The molecule has 2 aromatic rings. The molecule has 19 heavy (non-hydrogen) atoms. The van der Waals surface area contributed by atoms with Gasteiger partial charge >= 0.3 is 0 Å². The topological polar surface area (TPSA) is 20.2 Å². The number of hydrogen-bond donors (Lipinski definition) is 1. The van der Waals surface area contributed by atoms with Crippen LogP contribution in [-0.2, 0) is 6.42 Å². The van der Waals surface area contributed by atoms with Gasteiger partial charge in [0.25, 0.3) is 0 Å². The minimum absolute atomic E-state index is 0.0141. The van der Waals surface area contributed by atoms with E-state index in [-0.39, 0.29) is 16.5 Å². The first-order valence-electron chi connectivity index (χ1n) is 5.55. The molecule has 0 saturated heterocycles. The van der Waals surface area contributed by atoms with E-state index in [0.29, 0.717) is 11.1 Å². The Kier molecular flexibility index (Phi) is 4.40. The molecule has 0 aromatic heterocycles. The molecule has 0 spiro atoms. The first-order valence-corrected chi connectivity index (χ1v) is 6.30. The van der Waals surface area contributed by atoms with Gasteiger partial charge in [-0.15, -0.1) is 0 Å². The summed E-state index contributed by atoms with van der Waals surface area (Å²) in [5, 5.41) is 9.97. The van der Waals surface area contributed by atoms with Crippen molar-refractivity contribution in [2.45, 2.75) is 12.5 Å². The summed E-state index contributed by atoms with van der Waals surface area (Å²) < 4.78 is 26.6. The Labute approximate surface area is 119 Å². The summed E-state index contributed by atoms with van der Waals surface area (Å²) in [5.41, 5.74) is 0.826. The van der Waals surface area contributed by atoms with Gasteiger partial charge in [0.05, 0.1) is 16.1 Å². The largest absolute Gasteiger partial charge is 0.388 e. The van der Waals surface area contributed by atoms with Crippen LogP contribution in [-0.4, -0.2) is 5.11 Å². The number of hydrogen-bond acceptors (Lipinski definition) is 1. The summed E-state index contributed by atoms with van der Waals surface area (Å²) in [7, 11) is 0. The Hall–Kier alpha value is -1.16. The van der Waals surface area contributed by atoms with E-state index in [4.69, 9.17) is 23.2 Å². The maximum atomic E-state index is 13.3. The van der Waals surface area contributed by atoms with Crippen molar-refractivity contribution >= 4 is 23.2 Å². The Balaban J connectivity index is 2.23. The minimum atomic E-state index is -0.980. The predicted molar refractivity (Wildman–Crippen MR) is 71.5 cm³/mol. The lowest BCUT2D eigenvalue weighted by molar-refractivity contribution is 0.178. The second-order valence-electron chi connectivity index (χ2n) is 4.11. The molecule has 0 bridgehead atoms. The van der Waals surface area contributed by atoms with Crippen LogP contribution in [0.4, 0.5) is 8.78 Å². The highest BCUT2D eigenvalue weighted by molar-refractivity contribution is 6.31. The minimum Gasteiger partial charge on any atom is -0.388 e. The molecule has 2 rings (SSSR count). The van der Waals surface area contributed by atoms with Gasteiger partial charge < -0.3 is 5.11 Å². The van der Waals surface area contributed by atoms with E-state index in [0.717, 1.165) is 6.07 Å². The number of halogens is 4. The van der Waals surface area contributed by atoms with Crippen molar-refractivity contribution in [1.29, 1.82) is 0 Å². The molecule has 0 heterocycles. The Bertz CT molecular complexity index is 602.